The molecular weight excluding hydrogens is 226 g/mol. The highest BCUT2D eigenvalue weighted by atomic mass is 16.3. The van der Waals surface area contributed by atoms with Gasteiger partial charge in [-0.15, -0.1) is 0 Å². The van der Waals surface area contributed by atoms with Gasteiger partial charge in [0.15, 0.2) is 0 Å². The van der Waals surface area contributed by atoms with Crippen molar-refractivity contribution in [3.05, 3.63) is 35.9 Å². The number of rotatable bonds is 4. The van der Waals surface area contributed by atoms with E-state index in [0.29, 0.717) is 6.42 Å². The van der Waals surface area contributed by atoms with E-state index in [1.165, 1.54) is 0 Å². The molecule has 0 spiro atoms. The van der Waals surface area contributed by atoms with Crippen molar-refractivity contribution in [3.8, 4) is 0 Å². The van der Waals surface area contributed by atoms with Gasteiger partial charge in [0.05, 0.1) is 12.1 Å². The Kier molecular flexibility index (Phi) is 4.91. The van der Waals surface area contributed by atoms with Crippen LogP contribution in [0.3, 0.4) is 0 Å². The Balaban J connectivity index is 2.52. The maximum Gasteiger partial charge on any atom is 0.225 e. The molecule has 0 aromatic heterocycles. The average Bonchev–Trinajstić information content (AvgIpc) is 2.28. The van der Waals surface area contributed by atoms with Gasteiger partial charge >= 0.3 is 0 Å². The van der Waals surface area contributed by atoms with E-state index in [9.17, 15) is 9.90 Å². The van der Waals surface area contributed by atoms with Crippen molar-refractivity contribution in [3.63, 3.8) is 0 Å². The fraction of sp³-hybridized carbons (Fsp3) is 0.533. The summed E-state index contributed by atoms with van der Waals surface area (Å²) >= 11 is 0. The second-order valence-corrected chi connectivity index (χ2v) is 5.77. The molecule has 0 aliphatic carbocycles. The molecule has 18 heavy (non-hydrogen) atoms. The molecule has 1 aromatic carbocycles. The maximum atomic E-state index is 11.8. The lowest BCUT2D eigenvalue weighted by Gasteiger charge is -2.25. The highest BCUT2D eigenvalue weighted by Crippen LogP contribution is 2.14. The van der Waals surface area contributed by atoms with Crippen molar-refractivity contribution in [1.82, 2.24) is 5.32 Å². The van der Waals surface area contributed by atoms with Crippen LogP contribution in [0.15, 0.2) is 30.3 Å². The number of aliphatic hydroxyl groups is 1. The number of carbonyl (C=O) groups excluding carboxylic acids is 1. The first kappa shape index (κ1) is 14.7. The minimum Gasteiger partial charge on any atom is -0.391 e. The van der Waals surface area contributed by atoms with Crippen LogP contribution in [-0.2, 0) is 11.2 Å². The summed E-state index contributed by atoms with van der Waals surface area (Å²) in [7, 11) is 0. The molecule has 0 radical (unpaired) electrons. The van der Waals surface area contributed by atoms with E-state index < -0.39 is 11.5 Å². The van der Waals surface area contributed by atoms with Crippen molar-refractivity contribution >= 4 is 5.91 Å². The second-order valence-electron chi connectivity index (χ2n) is 5.77. The average molecular weight is 249 g/mol. The molecule has 3 nitrogen and oxygen atoms in total. The zero-order valence-electron chi connectivity index (χ0n) is 11.6. The number of amides is 1. The van der Waals surface area contributed by atoms with Gasteiger partial charge in [-0.05, 0) is 12.5 Å². The SMILES string of the molecule is CC(NC(=O)C(C)(C)C)C(O)Cc1ccccc1. The molecule has 2 atom stereocenters. The Morgan fingerprint density at radius 1 is 1.28 bits per heavy atom. The highest BCUT2D eigenvalue weighted by Gasteiger charge is 2.25. The molecule has 1 rings (SSSR count). The fourth-order valence-corrected chi connectivity index (χ4v) is 1.55. The Morgan fingerprint density at radius 3 is 2.33 bits per heavy atom. The quantitative estimate of drug-likeness (QED) is 0.859. The zero-order chi connectivity index (χ0) is 13.8. The van der Waals surface area contributed by atoms with Crippen LogP contribution in [0.4, 0.5) is 0 Å². The Labute approximate surface area is 109 Å². The van der Waals surface area contributed by atoms with Gasteiger partial charge in [0.2, 0.25) is 5.91 Å². The molecule has 0 saturated heterocycles. The first-order valence-electron chi connectivity index (χ1n) is 6.33. The minimum atomic E-state index is -0.571. The Morgan fingerprint density at radius 2 is 1.83 bits per heavy atom. The molecule has 0 fully saturated rings. The molecule has 2 unspecified atom stereocenters. The second kappa shape index (κ2) is 6.01. The lowest BCUT2D eigenvalue weighted by atomic mass is 9.94. The van der Waals surface area contributed by atoms with Gasteiger partial charge in [0.25, 0.3) is 0 Å². The summed E-state index contributed by atoms with van der Waals surface area (Å²) in [5.41, 5.74) is 0.641. The Hall–Kier alpha value is -1.35. The third-order valence-electron chi connectivity index (χ3n) is 2.90. The van der Waals surface area contributed by atoms with Crippen LogP contribution in [0.2, 0.25) is 0 Å². The predicted octanol–water partition coefficient (Wildman–Crippen LogP) is 2.14. The van der Waals surface area contributed by atoms with Gasteiger partial charge in [-0.1, -0.05) is 51.1 Å². The van der Waals surface area contributed by atoms with Crippen molar-refractivity contribution in [2.24, 2.45) is 5.41 Å². The minimum absolute atomic E-state index is 0.0397. The van der Waals surface area contributed by atoms with Gasteiger partial charge in [0.1, 0.15) is 0 Å². The third kappa shape index (κ3) is 4.49. The van der Waals surface area contributed by atoms with E-state index in [0.717, 1.165) is 5.56 Å². The van der Waals surface area contributed by atoms with Crippen LogP contribution in [0.1, 0.15) is 33.3 Å². The molecule has 3 heteroatoms. The van der Waals surface area contributed by atoms with E-state index in [1.807, 2.05) is 58.0 Å². The van der Waals surface area contributed by atoms with E-state index >= 15 is 0 Å². The monoisotopic (exact) mass is 249 g/mol. The van der Waals surface area contributed by atoms with Gasteiger partial charge < -0.3 is 10.4 Å². The van der Waals surface area contributed by atoms with Crippen molar-refractivity contribution < 1.29 is 9.90 Å². The first-order chi connectivity index (χ1) is 8.30. The number of hydrogen-bond donors (Lipinski definition) is 2. The summed E-state index contributed by atoms with van der Waals surface area (Å²) in [6.07, 6.45) is -0.0226. The van der Waals surface area contributed by atoms with E-state index in [4.69, 9.17) is 0 Å². The van der Waals surface area contributed by atoms with Crippen LogP contribution in [0.5, 0.6) is 0 Å². The van der Waals surface area contributed by atoms with E-state index in [-0.39, 0.29) is 11.9 Å². The molecule has 0 aliphatic heterocycles. The highest BCUT2D eigenvalue weighted by molar-refractivity contribution is 5.81. The molecular formula is C15H23NO2. The van der Waals surface area contributed by atoms with Crippen molar-refractivity contribution in [2.75, 3.05) is 0 Å². The van der Waals surface area contributed by atoms with E-state index in [2.05, 4.69) is 5.32 Å². The van der Waals surface area contributed by atoms with Crippen LogP contribution < -0.4 is 5.32 Å². The molecule has 0 aliphatic rings. The fourth-order valence-electron chi connectivity index (χ4n) is 1.55. The summed E-state index contributed by atoms with van der Waals surface area (Å²) in [5.74, 6) is -0.0397. The third-order valence-corrected chi connectivity index (χ3v) is 2.90. The Bertz CT molecular complexity index is 381. The van der Waals surface area contributed by atoms with Gasteiger partial charge in [0, 0.05) is 11.8 Å². The molecule has 2 N–H and O–H groups in total. The first-order valence-corrected chi connectivity index (χ1v) is 6.33. The maximum absolute atomic E-state index is 11.8. The topological polar surface area (TPSA) is 49.3 Å². The lowest BCUT2D eigenvalue weighted by Crippen LogP contribution is -2.46. The lowest BCUT2D eigenvalue weighted by molar-refractivity contribution is -0.129. The van der Waals surface area contributed by atoms with Gasteiger partial charge in [-0.2, -0.15) is 0 Å². The van der Waals surface area contributed by atoms with Crippen LogP contribution >= 0.6 is 0 Å². The number of benzene rings is 1. The molecule has 0 heterocycles. The van der Waals surface area contributed by atoms with Crippen molar-refractivity contribution in [2.45, 2.75) is 46.3 Å². The zero-order valence-corrected chi connectivity index (χ0v) is 11.6. The molecule has 0 bridgehead atoms. The smallest absolute Gasteiger partial charge is 0.225 e. The van der Waals surface area contributed by atoms with Crippen LogP contribution in [-0.4, -0.2) is 23.2 Å². The predicted molar refractivity (Wildman–Crippen MR) is 73.2 cm³/mol. The van der Waals surface area contributed by atoms with Gasteiger partial charge in [-0.3, -0.25) is 4.79 Å². The number of aliphatic hydroxyl groups excluding tert-OH is 1. The standard InChI is InChI=1S/C15H23NO2/c1-11(16-14(18)15(2,3)4)13(17)10-12-8-6-5-7-9-12/h5-9,11,13,17H,10H2,1-4H3,(H,16,18). The van der Waals surface area contributed by atoms with Crippen LogP contribution in [0.25, 0.3) is 0 Å². The summed E-state index contributed by atoms with van der Waals surface area (Å²) < 4.78 is 0. The normalized spacial score (nSPS) is 14.9. The van der Waals surface area contributed by atoms with Crippen LogP contribution in [0, 0.1) is 5.41 Å². The van der Waals surface area contributed by atoms with Crippen molar-refractivity contribution in [1.29, 1.82) is 0 Å². The number of carbonyl (C=O) groups is 1. The number of hydrogen-bond acceptors (Lipinski definition) is 2. The molecule has 1 amide bonds. The molecule has 100 valence electrons. The summed E-state index contributed by atoms with van der Waals surface area (Å²) in [5, 5.41) is 12.9. The summed E-state index contributed by atoms with van der Waals surface area (Å²) in [6.45, 7) is 7.41. The molecule has 1 aromatic rings. The summed E-state index contributed by atoms with van der Waals surface area (Å²) in [6, 6.07) is 9.53. The van der Waals surface area contributed by atoms with Gasteiger partial charge in [-0.25, -0.2) is 0 Å². The van der Waals surface area contributed by atoms with E-state index in [1.54, 1.807) is 0 Å². The molecule has 0 saturated carbocycles. The largest absolute Gasteiger partial charge is 0.391 e. The number of nitrogens with one attached hydrogen (secondary N) is 1. The summed E-state index contributed by atoms with van der Waals surface area (Å²) in [4.78, 5) is 11.8.